The number of aliphatic imine (C=N–C) groups is 1. The molecule has 0 amide bonds. The molecular formula is C21H31N3O4. The average molecular weight is 389 g/mol. The summed E-state index contributed by atoms with van der Waals surface area (Å²) >= 11 is 0. The van der Waals surface area contributed by atoms with Crippen LogP contribution in [0.1, 0.15) is 30.9 Å². The molecule has 1 atom stereocenters. The molecule has 0 aliphatic rings. The minimum absolute atomic E-state index is 0.186. The lowest BCUT2D eigenvalue weighted by Crippen LogP contribution is -2.39. The molecule has 7 heteroatoms. The van der Waals surface area contributed by atoms with Crippen molar-refractivity contribution in [3.8, 4) is 11.5 Å². The zero-order valence-electron chi connectivity index (χ0n) is 17.3. The fourth-order valence-electron chi connectivity index (χ4n) is 2.74. The monoisotopic (exact) mass is 389 g/mol. The molecule has 0 aliphatic heterocycles. The van der Waals surface area contributed by atoms with Crippen molar-refractivity contribution < 1.29 is 19.0 Å². The van der Waals surface area contributed by atoms with Crippen LogP contribution >= 0.6 is 0 Å². The van der Waals surface area contributed by atoms with Crippen LogP contribution in [0.2, 0.25) is 0 Å². The third kappa shape index (κ3) is 5.92. The molecule has 0 bridgehead atoms. The molecule has 1 aromatic heterocycles. The van der Waals surface area contributed by atoms with Gasteiger partial charge in [0.2, 0.25) is 0 Å². The molecule has 1 aromatic carbocycles. The lowest BCUT2D eigenvalue weighted by atomic mass is 10.0. The molecule has 0 saturated heterocycles. The smallest absolute Gasteiger partial charge is 0.191 e. The second-order valence-electron chi connectivity index (χ2n) is 6.75. The van der Waals surface area contributed by atoms with Gasteiger partial charge in [-0.15, -0.1) is 0 Å². The first-order valence-electron chi connectivity index (χ1n) is 9.42. The summed E-state index contributed by atoms with van der Waals surface area (Å²) < 4.78 is 16.1. The zero-order chi connectivity index (χ0) is 20.6. The number of guanidine groups is 1. The summed E-state index contributed by atoms with van der Waals surface area (Å²) in [5, 5.41) is 17.1. The van der Waals surface area contributed by atoms with Gasteiger partial charge in [0.15, 0.2) is 17.5 Å². The van der Waals surface area contributed by atoms with E-state index < -0.39 is 5.60 Å². The quantitative estimate of drug-likeness (QED) is 0.451. The molecule has 0 fully saturated rings. The van der Waals surface area contributed by atoms with Crippen molar-refractivity contribution in [3.63, 3.8) is 0 Å². The maximum atomic E-state index is 10.6. The number of aryl methyl sites for hydroxylation is 1. The van der Waals surface area contributed by atoms with Gasteiger partial charge in [-0.25, -0.2) is 4.99 Å². The van der Waals surface area contributed by atoms with Crippen molar-refractivity contribution in [1.82, 2.24) is 10.6 Å². The first kappa shape index (κ1) is 21.6. The number of hydrogen-bond acceptors (Lipinski definition) is 5. The molecule has 0 spiro atoms. The molecule has 2 aromatic rings. The Morgan fingerprint density at radius 3 is 2.50 bits per heavy atom. The molecule has 154 valence electrons. The number of hydrogen-bond donors (Lipinski definition) is 3. The maximum absolute atomic E-state index is 10.6. The Hall–Kier alpha value is -2.67. The van der Waals surface area contributed by atoms with Gasteiger partial charge >= 0.3 is 0 Å². The van der Waals surface area contributed by atoms with Crippen LogP contribution in [0.3, 0.4) is 0 Å². The standard InChI is InChI=1S/C21H31N3O4/c1-6-22-20(24-14-21(3,25)19-10-7-15(2)28-19)23-12-11-16-8-9-17(26-4)18(13-16)27-5/h7-10,13,25H,6,11-12,14H2,1-5H3,(H2,22,23,24). The van der Waals surface area contributed by atoms with E-state index in [9.17, 15) is 5.11 Å². The van der Waals surface area contributed by atoms with Gasteiger partial charge in [-0.3, -0.25) is 0 Å². The van der Waals surface area contributed by atoms with Crippen molar-refractivity contribution in [2.24, 2.45) is 4.99 Å². The second-order valence-corrected chi connectivity index (χ2v) is 6.75. The molecule has 28 heavy (non-hydrogen) atoms. The highest BCUT2D eigenvalue weighted by atomic mass is 16.5. The SMILES string of the molecule is CCNC(=NCC(C)(O)c1ccc(C)o1)NCCc1ccc(OC)c(OC)c1. The lowest BCUT2D eigenvalue weighted by Gasteiger charge is -2.19. The Balaban J connectivity index is 1.96. The molecule has 3 N–H and O–H groups in total. The molecule has 0 saturated carbocycles. The van der Waals surface area contributed by atoms with E-state index in [0.717, 1.165) is 24.3 Å². The fourth-order valence-corrected chi connectivity index (χ4v) is 2.74. The Bertz CT molecular complexity index is 784. The topological polar surface area (TPSA) is 88.3 Å². The van der Waals surface area contributed by atoms with Gasteiger partial charge in [-0.1, -0.05) is 6.07 Å². The average Bonchev–Trinajstić information content (AvgIpc) is 3.13. The van der Waals surface area contributed by atoms with Crippen LogP contribution in [0.15, 0.2) is 39.7 Å². The van der Waals surface area contributed by atoms with Crippen LogP contribution in [-0.4, -0.2) is 44.9 Å². The zero-order valence-corrected chi connectivity index (χ0v) is 17.3. The van der Waals surface area contributed by atoms with E-state index >= 15 is 0 Å². The molecule has 1 heterocycles. The largest absolute Gasteiger partial charge is 0.493 e. The van der Waals surface area contributed by atoms with Gasteiger partial charge in [0.25, 0.3) is 0 Å². The predicted octanol–water partition coefficient (Wildman–Crippen LogP) is 2.61. The van der Waals surface area contributed by atoms with Gasteiger partial charge in [0, 0.05) is 13.1 Å². The van der Waals surface area contributed by atoms with Crippen LogP contribution < -0.4 is 20.1 Å². The summed E-state index contributed by atoms with van der Waals surface area (Å²) in [4.78, 5) is 4.50. The van der Waals surface area contributed by atoms with Gasteiger partial charge in [-0.2, -0.15) is 0 Å². The molecular weight excluding hydrogens is 358 g/mol. The van der Waals surface area contributed by atoms with Crippen molar-refractivity contribution in [3.05, 3.63) is 47.4 Å². The molecule has 0 radical (unpaired) electrons. The summed E-state index contributed by atoms with van der Waals surface area (Å²) in [6.45, 7) is 7.14. The normalized spacial score (nSPS) is 13.7. The third-order valence-corrected chi connectivity index (χ3v) is 4.31. The van der Waals surface area contributed by atoms with Crippen LogP contribution in [0.25, 0.3) is 0 Å². The van der Waals surface area contributed by atoms with Crippen molar-refractivity contribution in [1.29, 1.82) is 0 Å². The number of nitrogens with one attached hydrogen (secondary N) is 2. The van der Waals surface area contributed by atoms with Crippen LogP contribution in [0.5, 0.6) is 11.5 Å². The summed E-state index contributed by atoms with van der Waals surface area (Å²) in [5.74, 6) is 3.34. The minimum atomic E-state index is -1.17. The summed E-state index contributed by atoms with van der Waals surface area (Å²) in [6.07, 6.45) is 0.790. The van der Waals surface area contributed by atoms with E-state index in [2.05, 4.69) is 15.6 Å². The van der Waals surface area contributed by atoms with Gasteiger partial charge in [0.1, 0.15) is 17.1 Å². The van der Waals surface area contributed by atoms with E-state index in [4.69, 9.17) is 13.9 Å². The van der Waals surface area contributed by atoms with Crippen molar-refractivity contribution in [2.45, 2.75) is 32.8 Å². The fraction of sp³-hybridized carbons (Fsp3) is 0.476. The van der Waals surface area contributed by atoms with E-state index in [1.165, 1.54) is 0 Å². The highest BCUT2D eigenvalue weighted by Crippen LogP contribution is 2.27. The van der Waals surface area contributed by atoms with E-state index in [0.29, 0.717) is 29.8 Å². The number of aliphatic hydroxyl groups is 1. The number of methoxy groups -OCH3 is 2. The maximum Gasteiger partial charge on any atom is 0.191 e. The Kier molecular flexibility index (Phi) is 7.75. The number of benzene rings is 1. The van der Waals surface area contributed by atoms with Crippen molar-refractivity contribution >= 4 is 5.96 Å². The summed E-state index contributed by atoms with van der Waals surface area (Å²) in [6, 6.07) is 9.49. The molecule has 2 rings (SSSR count). The first-order chi connectivity index (χ1) is 13.4. The number of furan rings is 1. The second kappa shape index (κ2) is 10.0. The summed E-state index contributed by atoms with van der Waals surface area (Å²) in [7, 11) is 3.25. The number of ether oxygens (including phenoxy) is 2. The van der Waals surface area contributed by atoms with Crippen molar-refractivity contribution in [2.75, 3.05) is 33.9 Å². The Morgan fingerprint density at radius 1 is 1.14 bits per heavy atom. The lowest BCUT2D eigenvalue weighted by molar-refractivity contribution is 0.0428. The first-order valence-corrected chi connectivity index (χ1v) is 9.42. The minimum Gasteiger partial charge on any atom is -0.493 e. The highest BCUT2D eigenvalue weighted by Gasteiger charge is 2.26. The number of nitrogens with zero attached hydrogens (tertiary/aromatic N) is 1. The summed E-state index contributed by atoms with van der Waals surface area (Å²) in [5.41, 5.74) is -0.0426. The van der Waals surface area contributed by atoms with Crippen LogP contribution in [-0.2, 0) is 12.0 Å². The van der Waals surface area contributed by atoms with Gasteiger partial charge in [0.05, 0.1) is 20.8 Å². The highest BCUT2D eigenvalue weighted by molar-refractivity contribution is 5.79. The van der Waals surface area contributed by atoms with E-state index in [1.54, 1.807) is 27.2 Å². The van der Waals surface area contributed by atoms with Gasteiger partial charge in [-0.05, 0) is 57.0 Å². The predicted molar refractivity (Wildman–Crippen MR) is 110 cm³/mol. The van der Waals surface area contributed by atoms with E-state index in [-0.39, 0.29) is 6.54 Å². The molecule has 1 unspecified atom stereocenters. The van der Waals surface area contributed by atoms with E-state index in [1.807, 2.05) is 38.1 Å². The van der Waals surface area contributed by atoms with Gasteiger partial charge < -0.3 is 29.6 Å². The Morgan fingerprint density at radius 2 is 1.89 bits per heavy atom. The third-order valence-electron chi connectivity index (χ3n) is 4.31. The molecule has 0 aliphatic carbocycles. The molecule has 7 nitrogen and oxygen atoms in total. The van der Waals surface area contributed by atoms with Crippen LogP contribution in [0, 0.1) is 6.92 Å². The van der Waals surface area contributed by atoms with Crippen LogP contribution in [0.4, 0.5) is 0 Å². The Labute approximate surface area is 166 Å². The number of rotatable bonds is 9.